The van der Waals surface area contributed by atoms with E-state index >= 15 is 0 Å². The first-order chi connectivity index (χ1) is 12.0. The molecule has 0 atom stereocenters. The van der Waals surface area contributed by atoms with Crippen LogP contribution in [0.15, 0.2) is 42.6 Å². The molecule has 1 fully saturated rings. The summed E-state index contributed by atoms with van der Waals surface area (Å²) in [5.41, 5.74) is 2.61. The fourth-order valence-corrected chi connectivity index (χ4v) is 2.70. The zero-order valence-corrected chi connectivity index (χ0v) is 13.8. The number of carbonyl (C=O) groups excluding carboxylic acids is 1. The standard InChI is InChI=1S/C18H18FN5O/c1-18(7-8-18)15-11-16(22-21-15)20-17(25)10-13-6-9-24(23-13)14-4-2-12(19)3-5-14/h2-6,9,11H,7-8,10H2,1H3,(H2,20,21,22,25). The van der Waals surface area contributed by atoms with Crippen molar-refractivity contribution in [3.8, 4) is 5.69 Å². The maximum atomic E-state index is 13.0. The molecule has 0 bridgehead atoms. The van der Waals surface area contributed by atoms with E-state index in [4.69, 9.17) is 0 Å². The van der Waals surface area contributed by atoms with E-state index in [2.05, 4.69) is 27.5 Å². The molecule has 128 valence electrons. The van der Waals surface area contributed by atoms with E-state index in [1.165, 1.54) is 12.1 Å². The number of hydrogen-bond acceptors (Lipinski definition) is 3. The van der Waals surface area contributed by atoms with Crippen LogP contribution in [0.25, 0.3) is 5.69 Å². The van der Waals surface area contributed by atoms with Crippen LogP contribution in [0.4, 0.5) is 10.2 Å². The van der Waals surface area contributed by atoms with E-state index in [-0.39, 0.29) is 23.6 Å². The first-order valence-electron chi connectivity index (χ1n) is 8.18. The van der Waals surface area contributed by atoms with Crippen LogP contribution in [-0.2, 0) is 16.6 Å². The molecule has 0 spiro atoms. The monoisotopic (exact) mass is 339 g/mol. The number of nitrogens with zero attached hydrogens (tertiary/aromatic N) is 3. The van der Waals surface area contributed by atoms with Gasteiger partial charge in [0.15, 0.2) is 5.82 Å². The third-order valence-electron chi connectivity index (χ3n) is 4.57. The number of H-pyrrole nitrogens is 1. The normalized spacial score (nSPS) is 15.1. The van der Waals surface area contributed by atoms with Crippen LogP contribution in [0.3, 0.4) is 0 Å². The molecular formula is C18H18FN5O. The van der Waals surface area contributed by atoms with Crippen molar-refractivity contribution >= 4 is 11.7 Å². The van der Waals surface area contributed by atoms with Crippen molar-refractivity contribution in [3.05, 3.63) is 59.8 Å². The van der Waals surface area contributed by atoms with E-state index in [1.807, 2.05) is 6.07 Å². The van der Waals surface area contributed by atoms with Gasteiger partial charge in [0.05, 0.1) is 17.8 Å². The number of aromatic nitrogens is 4. The Hall–Kier alpha value is -2.96. The summed E-state index contributed by atoms with van der Waals surface area (Å²) in [5.74, 6) is 0.0587. The molecular weight excluding hydrogens is 321 g/mol. The van der Waals surface area contributed by atoms with Gasteiger partial charge in [0.1, 0.15) is 5.82 Å². The molecule has 0 saturated heterocycles. The van der Waals surface area contributed by atoms with E-state index in [0.717, 1.165) is 24.2 Å². The quantitative estimate of drug-likeness (QED) is 0.750. The van der Waals surface area contributed by atoms with Crippen molar-refractivity contribution in [2.24, 2.45) is 0 Å². The average Bonchev–Trinajstić information content (AvgIpc) is 3.00. The molecule has 6 nitrogen and oxygen atoms in total. The number of carbonyl (C=O) groups is 1. The van der Waals surface area contributed by atoms with Gasteiger partial charge in [0.25, 0.3) is 0 Å². The van der Waals surface area contributed by atoms with Gasteiger partial charge >= 0.3 is 0 Å². The van der Waals surface area contributed by atoms with Gasteiger partial charge in [0.2, 0.25) is 5.91 Å². The second kappa shape index (κ2) is 5.84. The van der Waals surface area contributed by atoms with Gasteiger partial charge in [-0.1, -0.05) is 6.92 Å². The lowest BCUT2D eigenvalue weighted by molar-refractivity contribution is -0.115. The Morgan fingerprint density at radius 2 is 2.08 bits per heavy atom. The number of hydrogen-bond donors (Lipinski definition) is 2. The lowest BCUT2D eigenvalue weighted by Gasteiger charge is -2.02. The highest BCUT2D eigenvalue weighted by atomic mass is 19.1. The first-order valence-corrected chi connectivity index (χ1v) is 8.18. The minimum absolute atomic E-state index is 0.146. The summed E-state index contributed by atoms with van der Waals surface area (Å²) in [6, 6.07) is 9.68. The zero-order chi connectivity index (χ0) is 17.4. The summed E-state index contributed by atoms with van der Waals surface area (Å²) in [4.78, 5) is 12.2. The van der Waals surface area contributed by atoms with Crippen molar-refractivity contribution in [1.29, 1.82) is 0 Å². The molecule has 4 rings (SSSR count). The number of amides is 1. The van der Waals surface area contributed by atoms with E-state index in [9.17, 15) is 9.18 Å². The molecule has 1 aliphatic carbocycles. The summed E-state index contributed by atoms with van der Waals surface area (Å²) < 4.78 is 14.6. The lowest BCUT2D eigenvalue weighted by Crippen LogP contribution is -2.15. The summed E-state index contributed by atoms with van der Waals surface area (Å²) in [5, 5.41) is 14.3. The maximum Gasteiger partial charge on any atom is 0.231 e. The van der Waals surface area contributed by atoms with Crippen LogP contribution in [-0.4, -0.2) is 25.9 Å². The highest BCUT2D eigenvalue weighted by Gasteiger charge is 2.40. The maximum absolute atomic E-state index is 13.0. The molecule has 1 aliphatic rings. The smallest absolute Gasteiger partial charge is 0.231 e. The predicted molar refractivity (Wildman–Crippen MR) is 91.0 cm³/mol. The van der Waals surface area contributed by atoms with Crippen molar-refractivity contribution in [3.63, 3.8) is 0 Å². The third kappa shape index (κ3) is 3.31. The number of rotatable bonds is 5. The fourth-order valence-electron chi connectivity index (χ4n) is 2.70. The number of halogens is 1. The van der Waals surface area contributed by atoms with Gasteiger partial charge in [0, 0.05) is 23.4 Å². The Labute approximate surface area is 144 Å². The Bertz CT molecular complexity index is 908. The number of aromatic amines is 1. The predicted octanol–water partition coefficient (Wildman–Crippen LogP) is 2.97. The third-order valence-corrected chi connectivity index (χ3v) is 4.57. The number of benzene rings is 1. The van der Waals surface area contributed by atoms with Crippen molar-refractivity contribution in [2.45, 2.75) is 31.6 Å². The molecule has 25 heavy (non-hydrogen) atoms. The molecule has 0 unspecified atom stereocenters. The summed E-state index contributed by atoms with van der Waals surface area (Å²) >= 11 is 0. The van der Waals surface area contributed by atoms with Gasteiger partial charge in [-0.15, -0.1) is 0 Å². The van der Waals surface area contributed by atoms with E-state index in [1.54, 1.807) is 29.1 Å². The van der Waals surface area contributed by atoms with Crippen LogP contribution in [0, 0.1) is 5.82 Å². The molecule has 1 saturated carbocycles. The molecule has 1 aromatic carbocycles. The number of nitrogens with one attached hydrogen (secondary N) is 2. The van der Waals surface area contributed by atoms with Gasteiger partial charge in [-0.3, -0.25) is 9.89 Å². The second-order valence-corrected chi connectivity index (χ2v) is 6.68. The lowest BCUT2D eigenvalue weighted by atomic mass is 10.1. The highest BCUT2D eigenvalue weighted by Crippen LogP contribution is 2.47. The molecule has 2 heterocycles. The molecule has 0 aliphatic heterocycles. The summed E-state index contributed by atoms with van der Waals surface area (Å²) in [7, 11) is 0. The average molecular weight is 339 g/mol. The zero-order valence-electron chi connectivity index (χ0n) is 13.8. The van der Waals surface area contributed by atoms with E-state index < -0.39 is 0 Å². The topological polar surface area (TPSA) is 75.6 Å². The van der Waals surface area contributed by atoms with Crippen LogP contribution in [0.5, 0.6) is 0 Å². The van der Waals surface area contributed by atoms with Crippen molar-refractivity contribution in [1.82, 2.24) is 20.0 Å². The van der Waals surface area contributed by atoms with E-state index in [0.29, 0.717) is 11.5 Å². The minimum Gasteiger partial charge on any atom is -0.309 e. The van der Waals surface area contributed by atoms with Crippen LogP contribution < -0.4 is 5.32 Å². The van der Waals surface area contributed by atoms with Gasteiger partial charge in [-0.05, 0) is 43.2 Å². The Kier molecular flexibility index (Phi) is 3.63. The molecule has 7 heteroatoms. The molecule has 1 amide bonds. The Morgan fingerprint density at radius 1 is 1.32 bits per heavy atom. The van der Waals surface area contributed by atoms with Gasteiger partial charge < -0.3 is 5.32 Å². The molecule has 2 aromatic heterocycles. The molecule has 0 radical (unpaired) electrons. The van der Waals surface area contributed by atoms with Crippen molar-refractivity contribution in [2.75, 3.05) is 5.32 Å². The highest BCUT2D eigenvalue weighted by molar-refractivity contribution is 5.91. The number of anilines is 1. The molecule has 3 aromatic rings. The Balaban J connectivity index is 1.39. The summed E-state index contributed by atoms with van der Waals surface area (Å²) in [6.45, 7) is 2.17. The Morgan fingerprint density at radius 3 is 2.80 bits per heavy atom. The van der Waals surface area contributed by atoms with Crippen LogP contribution >= 0.6 is 0 Å². The summed E-state index contributed by atoms with van der Waals surface area (Å²) in [6.07, 6.45) is 4.18. The SMILES string of the molecule is CC1(c2cc(NC(=O)Cc3ccn(-c4ccc(F)cc4)n3)n[nH]2)CC1. The first kappa shape index (κ1) is 15.6. The second-order valence-electron chi connectivity index (χ2n) is 6.68. The molecule has 2 N–H and O–H groups in total. The van der Waals surface area contributed by atoms with Gasteiger partial charge in [-0.25, -0.2) is 9.07 Å². The van der Waals surface area contributed by atoms with Gasteiger partial charge in [-0.2, -0.15) is 10.2 Å². The van der Waals surface area contributed by atoms with Crippen LogP contribution in [0.1, 0.15) is 31.2 Å². The van der Waals surface area contributed by atoms with Crippen molar-refractivity contribution < 1.29 is 9.18 Å². The fraction of sp³-hybridized carbons (Fsp3) is 0.278. The van der Waals surface area contributed by atoms with Crippen LogP contribution in [0.2, 0.25) is 0 Å². The largest absolute Gasteiger partial charge is 0.309 e. The minimum atomic E-state index is -0.297.